The van der Waals surface area contributed by atoms with Gasteiger partial charge in [0.25, 0.3) is 0 Å². The van der Waals surface area contributed by atoms with E-state index in [1.54, 1.807) is 0 Å². The second-order valence-corrected chi connectivity index (χ2v) is 14.1. The van der Waals surface area contributed by atoms with Crippen LogP contribution >= 0.6 is 0 Å². The lowest BCUT2D eigenvalue weighted by atomic mass is 9.90. The van der Waals surface area contributed by atoms with E-state index in [-0.39, 0.29) is 0 Å². The third-order valence-corrected chi connectivity index (χ3v) is 11.0. The van der Waals surface area contributed by atoms with Crippen molar-refractivity contribution in [2.75, 3.05) is 4.90 Å². The van der Waals surface area contributed by atoms with Gasteiger partial charge < -0.3 is 9.32 Å². The number of fused-ring (bicyclic) bond motifs is 9. The van der Waals surface area contributed by atoms with Crippen LogP contribution in [0, 0.1) is 0 Å². The second-order valence-electron chi connectivity index (χ2n) is 14.1. The van der Waals surface area contributed by atoms with Crippen molar-refractivity contribution in [2.24, 2.45) is 0 Å². The molecule has 2 heteroatoms. The van der Waals surface area contributed by atoms with Crippen LogP contribution in [0.1, 0.15) is 0 Å². The molecule has 0 fully saturated rings. The molecule has 252 valence electrons. The van der Waals surface area contributed by atoms with Crippen molar-refractivity contribution in [1.29, 1.82) is 0 Å². The van der Waals surface area contributed by atoms with E-state index < -0.39 is 0 Å². The number of furan rings is 1. The fourth-order valence-electron chi connectivity index (χ4n) is 8.43. The molecule has 0 unspecified atom stereocenters. The summed E-state index contributed by atoms with van der Waals surface area (Å²) < 4.78 is 6.53. The summed E-state index contributed by atoms with van der Waals surface area (Å²) in [7, 11) is 0. The quantitative estimate of drug-likeness (QED) is 0.168. The van der Waals surface area contributed by atoms with E-state index in [1.807, 2.05) is 6.07 Å². The molecule has 0 bridgehead atoms. The van der Waals surface area contributed by atoms with Crippen LogP contribution in [0.4, 0.5) is 17.1 Å². The molecule has 0 aliphatic rings. The largest absolute Gasteiger partial charge is 0.455 e. The van der Waals surface area contributed by atoms with Crippen LogP contribution in [-0.4, -0.2) is 0 Å². The SMILES string of the molecule is c1ccc(-c2ccc(N(c3ccc4c(-c5cc6ccccc6c6ccccc56)cccc4c3)c3ccc4ccc5c6ccccc6oc5c4c3)cc2)cc1. The third kappa shape index (κ3) is 4.88. The van der Waals surface area contributed by atoms with E-state index in [4.69, 9.17) is 4.42 Å². The number of hydrogen-bond donors (Lipinski definition) is 0. The van der Waals surface area contributed by atoms with Crippen LogP contribution in [0.2, 0.25) is 0 Å². The van der Waals surface area contributed by atoms with Gasteiger partial charge in [-0.15, -0.1) is 0 Å². The first-order valence-electron chi connectivity index (χ1n) is 18.5. The molecule has 10 aromatic carbocycles. The minimum Gasteiger partial charge on any atom is -0.455 e. The highest BCUT2D eigenvalue weighted by molar-refractivity contribution is 6.17. The highest BCUT2D eigenvalue weighted by atomic mass is 16.3. The first-order valence-corrected chi connectivity index (χ1v) is 18.5. The molecule has 0 aliphatic heterocycles. The Hall–Kier alpha value is -7.16. The molecular formula is C52H33NO. The monoisotopic (exact) mass is 687 g/mol. The standard InChI is InChI=1S/C52H33NO/c1-2-11-34(12-3-1)35-21-25-39(26-22-35)53(41-27-23-36-24-29-48-47-18-8-9-20-51(47)54-52(48)49(36)33-41)40-28-30-43-37(31-40)14-10-19-45(43)50-32-38-13-4-5-15-42(38)44-16-6-7-17-46(44)50/h1-33H. The Labute approximate surface area is 312 Å². The zero-order valence-electron chi connectivity index (χ0n) is 29.4. The van der Waals surface area contributed by atoms with E-state index in [0.29, 0.717) is 0 Å². The molecule has 0 atom stereocenters. The van der Waals surface area contributed by atoms with Crippen molar-refractivity contribution < 1.29 is 4.42 Å². The maximum absolute atomic E-state index is 6.53. The van der Waals surface area contributed by atoms with Crippen LogP contribution in [0.15, 0.2) is 205 Å². The smallest absolute Gasteiger partial charge is 0.143 e. The van der Waals surface area contributed by atoms with E-state index >= 15 is 0 Å². The number of nitrogens with zero attached hydrogens (tertiary/aromatic N) is 1. The lowest BCUT2D eigenvalue weighted by Gasteiger charge is -2.26. The van der Waals surface area contributed by atoms with Crippen LogP contribution in [0.3, 0.4) is 0 Å². The zero-order chi connectivity index (χ0) is 35.6. The maximum Gasteiger partial charge on any atom is 0.143 e. The average molecular weight is 688 g/mol. The fraction of sp³-hybridized carbons (Fsp3) is 0. The summed E-state index contributed by atoms with van der Waals surface area (Å²) in [5.41, 5.74) is 9.94. The zero-order valence-corrected chi connectivity index (χ0v) is 29.4. The lowest BCUT2D eigenvalue weighted by molar-refractivity contribution is 0.672. The van der Waals surface area contributed by atoms with Gasteiger partial charge in [-0.1, -0.05) is 146 Å². The van der Waals surface area contributed by atoms with E-state index in [1.165, 1.54) is 54.6 Å². The first-order chi connectivity index (χ1) is 26.8. The molecule has 0 N–H and O–H groups in total. The van der Waals surface area contributed by atoms with Gasteiger partial charge in [0, 0.05) is 33.2 Å². The van der Waals surface area contributed by atoms with Gasteiger partial charge in [0.1, 0.15) is 11.2 Å². The Bertz CT molecular complexity index is 3210. The Morgan fingerprint density at radius 3 is 1.78 bits per heavy atom. The van der Waals surface area contributed by atoms with Gasteiger partial charge in [-0.05, 0) is 115 Å². The molecule has 0 spiro atoms. The average Bonchev–Trinajstić information content (AvgIpc) is 3.63. The predicted octanol–water partition coefficient (Wildman–Crippen LogP) is 15.0. The summed E-state index contributed by atoms with van der Waals surface area (Å²) in [5, 5.41) is 12.0. The molecule has 11 rings (SSSR count). The summed E-state index contributed by atoms with van der Waals surface area (Å²) in [6.45, 7) is 0. The molecule has 54 heavy (non-hydrogen) atoms. The number of hydrogen-bond acceptors (Lipinski definition) is 2. The van der Waals surface area contributed by atoms with E-state index in [9.17, 15) is 0 Å². The van der Waals surface area contributed by atoms with Crippen molar-refractivity contribution in [3.63, 3.8) is 0 Å². The topological polar surface area (TPSA) is 16.4 Å². The van der Waals surface area contributed by atoms with Crippen molar-refractivity contribution in [3.05, 3.63) is 200 Å². The van der Waals surface area contributed by atoms with Crippen molar-refractivity contribution in [2.45, 2.75) is 0 Å². The molecule has 0 saturated heterocycles. The summed E-state index contributed by atoms with van der Waals surface area (Å²) >= 11 is 0. The maximum atomic E-state index is 6.53. The molecule has 0 amide bonds. The second kappa shape index (κ2) is 12.2. The van der Waals surface area contributed by atoms with Crippen LogP contribution in [0.25, 0.3) is 87.3 Å². The molecule has 0 radical (unpaired) electrons. The minimum absolute atomic E-state index is 0.906. The minimum atomic E-state index is 0.906. The summed E-state index contributed by atoms with van der Waals surface area (Å²) in [6.07, 6.45) is 0. The Kier molecular flexibility index (Phi) is 6.90. The van der Waals surface area contributed by atoms with Gasteiger partial charge in [-0.3, -0.25) is 0 Å². The summed E-state index contributed by atoms with van der Waals surface area (Å²) in [6, 6.07) is 72.3. The van der Waals surface area contributed by atoms with Gasteiger partial charge >= 0.3 is 0 Å². The normalized spacial score (nSPS) is 11.7. The van der Waals surface area contributed by atoms with Crippen molar-refractivity contribution in [1.82, 2.24) is 0 Å². The fourth-order valence-corrected chi connectivity index (χ4v) is 8.43. The van der Waals surface area contributed by atoms with Crippen LogP contribution in [0.5, 0.6) is 0 Å². The molecule has 0 saturated carbocycles. The molecule has 1 aromatic heterocycles. The number of benzene rings is 10. The van der Waals surface area contributed by atoms with Crippen molar-refractivity contribution >= 4 is 82.1 Å². The van der Waals surface area contributed by atoms with Gasteiger partial charge in [-0.2, -0.15) is 0 Å². The van der Waals surface area contributed by atoms with Gasteiger partial charge in [-0.25, -0.2) is 0 Å². The van der Waals surface area contributed by atoms with Gasteiger partial charge in [0.15, 0.2) is 0 Å². The number of para-hydroxylation sites is 1. The molecule has 1 heterocycles. The van der Waals surface area contributed by atoms with E-state index in [0.717, 1.165) is 49.8 Å². The summed E-state index contributed by atoms with van der Waals surface area (Å²) in [4.78, 5) is 2.37. The van der Waals surface area contributed by atoms with Gasteiger partial charge in [0.2, 0.25) is 0 Å². The Morgan fingerprint density at radius 2 is 0.907 bits per heavy atom. The van der Waals surface area contributed by atoms with Crippen LogP contribution in [-0.2, 0) is 0 Å². The molecule has 2 nitrogen and oxygen atoms in total. The highest BCUT2D eigenvalue weighted by Gasteiger charge is 2.18. The van der Waals surface area contributed by atoms with Gasteiger partial charge in [0.05, 0.1) is 0 Å². The predicted molar refractivity (Wildman–Crippen MR) is 229 cm³/mol. The summed E-state index contributed by atoms with van der Waals surface area (Å²) in [5.74, 6) is 0. The number of anilines is 3. The highest BCUT2D eigenvalue weighted by Crippen LogP contribution is 2.43. The first kappa shape index (κ1) is 30.5. The third-order valence-electron chi connectivity index (χ3n) is 11.0. The molecule has 11 aromatic rings. The Balaban J connectivity index is 1.10. The number of rotatable bonds is 5. The van der Waals surface area contributed by atoms with E-state index in [2.05, 4.69) is 199 Å². The lowest BCUT2D eigenvalue weighted by Crippen LogP contribution is -2.10. The molecular weight excluding hydrogens is 655 g/mol. The van der Waals surface area contributed by atoms with Crippen LogP contribution < -0.4 is 4.90 Å². The Morgan fingerprint density at radius 1 is 0.296 bits per heavy atom. The molecule has 0 aliphatic carbocycles. The van der Waals surface area contributed by atoms with Crippen molar-refractivity contribution in [3.8, 4) is 22.3 Å².